The molecule has 0 atom stereocenters. The predicted molar refractivity (Wildman–Crippen MR) is 26.7 cm³/mol. The molecule has 4 heteroatoms. The summed E-state index contributed by atoms with van der Waals surface area (Å²) in [5.74, 6) is 0. The first kappa shape index (κ1) is 16.1. The Morgan fingerprint density at radius 1 is 1.25 bits per heavy atom. The maximum atomic E-state index is 9.64. The van der Waals surface area contributed by atoms with Crippen LogP contribution in [0, 0.1) is 0 Å². The third-order valence-electron chi connectivity index (χ3n) is 0. The molecule has 0 radical (unpaired) electrons. The summed E-state index contributed by atoms with van der Waals surface area (Å²) in [6.45, 7) is 0. The molecule has 0 aromatic rings. The Bertz CT molecular complexity index is 8.00. The largest absolute Gasteiger partial charge is 0.472 e. The van der Waals surface area contributed by atoms with E-state index in [1.165, 1.54) is 0 Å². The van der Waals surface area contributed by atoms with Crippen molar-refractivity contribution in [2.75, 3.05) is 0 Å². The van der Waals surface area contributed by atoms with E-state index >= 15 is 0 Å². The first-order valence-electron chi connectivity index (χ1n) is 0.378. The molecule has 0 spiro atoms. The summed E-state index contributed by atoms with van der Waals surface area (Å²) in [7, 11) is 0. The molecule has 4 heavy (non-hydrogen) atoms. The Balaban J connectivity index is -0.00000000500. The van der Waals surface area contributed by atoms with Crippen molar-refractivity contribution in [3.8, 4) is 0 Å². The van der Waals surface area contributed by atoms with E-state index in [0.29, 0.717) is 0 Å². The summed E-state index contributed by atoms with van der Waals surface area (Å²) < 4.78 is 9.64. The van der Waals surface area contributed by atoms with E-state index in [1.807, 2.05) is 0 Å². The summed E-state index contributed by atoms with van der Waals surface area (Å²) in [5, 5.41) is 0. The topological polar surface area (TPSA) is 0 Å². The smallest absolute Gasteiger partial charge is 0.430 e. The molecule has 0 amide bonds. The Kier molecular flexibility index (Phi) is 71.7. The van der Waals surface area contributed by atoms with E-state index in [-0.39, 0.29) is 77.5 Å². The Hall–Kier alpha value is 2.49. The van der Waals surface area contributed by atoms with Gasteiger partial charge >= 0.3 is 77.5 Å². The van der Waals surface area contributed by atoms with Crippen LogP contribution in [-0.2, 0) is 0 Å². The third-order valence-corrected chi connectivity index (χ3v) is 0. The van der Waals surface area contributed by atoms with Crippen LogP contribution >= 0.6 is 0 Å². The second-order valence-electron chi connectivity index (χ2n) is 0. The van der Waals surface area contributed by atoms with Gasteiger partial charge in [0.1, 0.15) is 0 Å². The zero-order chi connectivity index (χ0) is 2.00. The molecule has 0 bridgehead atoms. The molecule has 0 nitrogen and oxygen atoms in total. The molecule has 0 aliphatic carbocycles. The molecule has 0 aliphatic heterocycles. The maximum absolute atomic E-state index is 9.64. The van der Waals surface area contributed by atoms with Gasteiger partial charge in [-0.25, -0.2) is 0 Å². The van der Waals surface area contributed by atoms with Crippen molar-refractivity contribution < 1.29 is 3.52 Å². The summed E-state index contributed by atoms with van der Waals surface area (Å²) >= 11 is -0.194. The van der Waals surface area contributed by atoms with Crippen LogP contribution < -0.4 is 0 Å². The molecule has 0 rings (SSSR count). The molecule has 0 aromatic carbocycles. The van der Waals surface area contributed by atoms with Gasteiger partial charge in [-0.05, 0) is 0 Å². The minimum absolute atomic E-state index is 0. The molecule has 0 unspecified atom stereocenters. The van der Waals surface area contributed by atoms with Crippen LogP contribution in [0.2, 0.25) is 0 Å². The van der Waals surface area contributed by atoms with Crippen molar-refractivity contribution in [2.45, 2.75) is 0 Å². The second kappa shape index (κ2) is 17.9. The van der Waals surface area contributed by atoms with Gasteiger partial charge in [-0.2, -0.15) is 0 Å². The van der Waals surface area contributed by atoms with Crippen LogP contribution in [0.4, 0.5) is 3.52 Å². The van der Waals surface area contributed by atoms with Crippen molar-refractivity contribution in [3.05, 3.63) is 0 Å². The minimum atomic E-state index is -0.194. The third kappa shape index (κ3) is 8.82. The van der Waals surface area contributed by atoms with E-state index < -0.39 is 0 Å². The molecule has 20 valence electrons. The van der Waals surface area contributed by atoms with Crippen molar-refractivity contribution in [3.63, 3.8) is 0 Å². The van der Waals surface area contributed by atoms with E-state index in [4.69, 9.17) is 0 Å². The van der Waals surface area contributed by atoms with Crippen LogP contribution in [0.25, 0.3) is 0 Å². The van der Waals surface area contributed by atoms with Crippen LogP contribution in [0.1, 0.15) is 0 Å². The monoisotopic (exact) mass is 116 g/mol. The van der Waals surface area contributed by atoms with Crippen molar-refractivity contribution >= 4 is 77.5 Å². The molecule has 0 N–H and O–H groups in total. The molecule has 0 saturated heterocycles. The van der Waals surface area contributed by atoms with Gasteiger partial charge in [0.05, 0.1) is 0 Å². The number of hydrogen-bond donors (Lipinski definition) is 0. The molecule has 0 aliphatic rings. The molecule has 0 fully saturated rings. The van der Waals surface area contributed by atoms with Crippen molar-refractivity contribution in [2.24, 2.45) is 0 Å². The van der Waals surface area contributed by atoms with Crippen molar-refractivity contribution in [1.82, 2.24) is 0 Å². The van der Waals surface area contributed by atoms with Gasteiger partial charge in [0.15, 0.2) is 0 Å². The normalized spacial score (nSPS) is 1.25. The van der Waals surface area contributed by atoms with Crippen molar-refractivity contribution in [1.29, 1.82) is 0 Å². The molecule has 0 aromatic heterocycles. The van der Waals surface area contributed by atoms with Crippen LogP contribution in [0.5, 0.6) is 0 Å². The summed E-state index contributed by atoms with van der Waals surface area (Å²) in [6, 6.07) is 0. The first-order valence-corrected chi connectivity index (χ1v) is 1.13. The fourth-order valence-corrected chi connectivity index (χ4v) is 0. The average molecular weight is 116 g/mol. The molecule has 0 heterocycles. The van der Waals surface area contributed by atoms with Crippen LogP contribution in [0.3, 0.4) is 0 Å². The van der Waals surface area contributed by atoms with Gasteiger partial charge in [-0.3, -0.25) is 0 Å². The Morgan fingerprint density at radius 3 is 1.25 bits per heavy atom. The number of halogens is 1. The Labute approximate surface area is 79.6 Å². The quantitative estimate of drug-likeness (QED) is 0.312. The fourth-order valence-electron chi connectivity index (χ4n) is 0. The standard InChI is InChI=1S/Al.Ca.FH.Mg.6H/h;;1H;;;;;;;/q+1;;;;;;;;;/p-1. The van der Waals surface area contributed by atoms with Gasteiger partial charge in [-0.15, -0.1) is 0 Å². The van der Waals surface area contributed by atoms with Gasteiger partial charge in [-0.1, -0.05) is 0 Å². The number of hydrogen-bond acceptors (Lipinski definition) is 0. The maximum Gasteiger partial charge on any atom is 0.472 e. The van der Waals surface area contributed by atoms with E-state index in [0.717, 1.165) is 0 Å². The van der Waals surface area contributed by atoms with Gasteiger partial charge in [0.2, 0.25) is 0 Å². The van der Waals surface area contributed by atoms with Gasteiger partial charge in [0.25, 0.3) is 0 Å². The molecular weight excluding hydrogens is 110 g/mol. The molecular formula is H6AlCaFMg. The zero-order valence-corrected chi connectivity index (χ0v) is 3.38. The Morgan fingerprint density at radius 2 is 1.25 bits per heavy atom. The van der Waals surface area contributed by atoms with Gasteiger partial charge in [0, 0.05) is 0 Å². The molecule has 0 saturated carbocycles. The summed E-state index contributed by atoms with van der Waals surface area (Å²) in [4.78, 5) is 0. The minimum Gasteiger partial charge on any atom is -0.430 e. The average Bonchev–Trinajstić information content (AvgIpc) is 1.00. The van der Waals surface area contributed by atoms with E-state index in [9.17, 15) is 3.52 Å². The summed E-state index contributed by atoms with van der Waals surface area (Å²) in [5.41, 5.74) is 0. The predicted octanol–water partition coefficient (Wildman–Crippen LogP) is -2.33. The first-order chi connectivity index (χ1) is 1.00. The second-order valence-corrected chi connectivity index (χ2v) is 0. The van der Waals surface area contributed by atoms with Gasteiger partial charge < -0.3 is 3.52 Å². The van der Waals surface area contributed by atoms with Crippen LogP contribution in [0.15, 0.2) is 0 Å². The SMILES string of the molecule is [CaH2].[F][AlH2].[MgH2]. The van der Waals surface area contributed by atoms with E-state index in [1.54, 1.807) is 0 Å². The van der Waals surface area contributed by atoms with Crippen LogP contribution in [-0.4, -0.2) is 77.5 Å². The number of rotatable bonds is 0. The zero-order valence-electron chi connectivity index (χ0n) is 1.38. The van der Waals surface area contributed by atoms with E-state index in [2.05, 4.69) is 0 Å². The summed E-state index contributed by atoms with van der Waals surface area (Å²) in [6.07, 6.45) is 0. The fraction of sp³-hybridized carbons (Fsp3) is 0.